The van der Waals surface area contributed by atoms with Crippen LogP contribution >= 0.6 is 0 Å². The van der Waals surface area contributed by atoms with E-state index < -0.39 is 0 Å². The van der Waals surface area contributed by atoms with Crippen LogP contribution in [0.1, 0.15) is 45.6 Å². The van der Waals surface area contributed by atoms with E-state index in [0.717, 1.165) is 24.1 Å². The zero-order valence-corrected chi connectivity index (χ0v) is 29.0. The molecule has 7 heteroatoms. The Morgan fingerprint density at radius 3 is 2.08 bits per heavy atom. The smallest absolute Gasteiger partial charge is 0.255 e. The molecule has 0 aliphatic carbocycles. The third-order valence-electron chi connectivity index (χ3n) is 9.86. The Hall–Kier alpha value is -4.59. The minimum absolute atomic E-state index is 0.185. The predicted octanol–water partition coefficient (Wildman–Crippen LogP) is 7.81. The van der Waals surface area contributed by atoms with Gasteiger partial charge in [0, 0.05) is 72.7 Å². The van der Waals surface area contributed by atoms with Gasteiger partial charge in [0.2, 0.25) is 0 Å². The summed E-state index contributed by atoms with van der Waals surface area (Å²) in [5, 5.41) is 4.36. The average molecular weight is 645 g/mol. The van der Waals surface area contributed by atoms with Crippen molar-refractivity contribution in [2.75, 3.05) is 59.3 Å². The van der Waals surface area contributed by atoms with Gasteiger partial charge in [-0.15, -0.1) is 0 Å². The van der Waals surface area contributed by atoms with Gasteiger partial charge < -0.3 is 29.2 Å². The monoisotopic (exact) mass is 644 g/mol. The number of fused-ring (bicyclic) bond motifs is 1. The molecule has 1 amide bonds. The van der Waals surface area contributed by atoms with Crippen molar-refractivity contribution in [3.63, 3.8) is 0 Å². The Bertz CT molecular complexity index is 1830. The van der Waals surface area contributed by atoms with Gasteiger partial charge in [0.25, 0.3) is 5.91 Å². The molecule has 5 aromatic rings. The Balaban J connectivity index is 1.09. The van der Waals surface area contributed by atoms with Crippen LogP contribution in [-0.4, -0.2) is 74.3 Å². The van der Waals surface area contributed by atoms with E-state index in [1.807, 2.05) is 66.7 Å². The molecular weight excluding hydrogens is 596 g/mol. The summed E-state index contributed by atoms with van der Waals surface area (Å²) < 4.78 is 13.9. The summed E-state index contributed by atoms with van der Waals surface area (Å²) in [5.41, 5.74) is 9.52. The number of benzene rings is 4. The van der Waals surface area contributed by atoms with Crippen molar-refractivity contribution in [2.24, 2.45) is 0 Å². The maximum atomic E-state index is 13.2. The minimum Gasteiger partial charge on any atom is -0.496 e. The first kappa shape index (κ1) is 33.3. The molecule has 0 atom stereocenters. The molecule has 0 spiro atoms. The molecule has 250 valence electrons. The summed E-state index contributed by atoms with van der Waals surface area (Å²) in [5.74, 6) is 1.07. The lowest BCUT2D eigenvalue weighted by atomic mass is 10.0. The van der Waals surface area contributed by atoms with Crippen molar-refractivity contribution in [2.45, 2.75) is 39.7 Å². The Labute approximate surface area is 285 Å². The van der Waals surface area contributed by atoms with Gasteiger partial charge in [-0.25, -0.2) is 0 Å². The van der Waals surface area contributed by atoms with Crippen LogP contribution in [0.15, 0.2) is 84.9 Å². The number of anilines is 1. The van der Waals surface area contributed by atoms with E-state index in [2.05, 4.69) is 58.8 Å². The van der Waals surface area contributed by atoms with E-state index in [9.17, 15) is 4.79 Å². The second kappa shape index (κ2) is 15.1. The summed E-state index contributed by atoms with van der Waals surface area (Å²) in [6, 6.07) is 28.4. The predicted molar refractivity (Wildman–Crippen MR) is 197 cm³/mol. The number of aryl methyl sites for hydroxylation is 2. The fourth-order valence-electron chi connectivity index (χ4n) is 6.86. The molecule has 0 unspecified atom stereocenters. The number of carbonyl (C=O) groups is 1. The van der Waals surface area contributed by atoms with E-state index in [1.54, 1.807) is 14.2 Å². The highest BCUT2D eigenvalue weighted by Gasteiger charge is 2.17. The standard InChI is InChI=1S/C41H48N4O3/c1-29-30(2)45(20-10-9-19-44-23-21-43(3)22-24-44)37-18-15-32(26-36(29)37)25-31-13-16-34(17-14-31)41(46)42-35-27-38(47-4)40(39(28-35)48-5)33-11-7-6-8-12-33/h6-8,11-18,26-28H,9-10,19-25H2,1-5H3,(H,42,46). The van der Waals surface area contributed by atoms with Gasteiger partial charge in [-0.2, -0.15) is 0 Å². The highest BCUT2D eigenvalue weighted by molar-refractivity contribution is 6.04. The number of aromatic nitrogens is 1. The molecule has 48 heavy (non-hydrogen) atoms. The van der Waals surface area contributed by atoms with Crippen molar-refractivity contribution in [1.29, 1.82) is 0 Å². The van der Waals surface area contributed by atoms with E-state index in [4.69, 9.17) is 9.47 Å². The number of nitrogens with zero attached hydrogens (tertiary/aromatic N) is 3. The number of piperazine rings is 1. The maximum Gasteiger partial charge on any atom is 0.255 e. The Morgan fingerprint density at radius 1 is 0.771 bits per heavy atom. The molecule has 0 bridgehead atoms. The first-order valence-corrected chi connectivity index (χ1v) is 17.1. The largest absolute Gasteiger partial charge is 0.496 e. The molecule has 1 aliphatic rings. The molecule has 4 aromatic carbocycles. The zero-order valence-electron chi connectivity index (χ0n) is 29.0. The number of carbonyl (C=O) groups excluding carboxylic acids is 1. The van der Waals surface area contributed by atoms with Crippen LogP contribution in [0, 0.1) is 13.8 Å². The van der Waals surface area contributed by atoms with Crippen molar-refractivity contribution < 1.29 is 14.3 Å². The summed E-state index contributed by atoms with van der Waals surface area (Å²) in [7, 11) is 5.46. The first-order valence-electron chi connectivity index (χ1n) is 17.1. The van der Waals surface area contributed by atoms with Gasteiger partial charge in [0.1, 0.15) is 11.5 Å². The quantitative estimate of drug-likeness (QED) is 0.140. The lowest BCUT2D eigenvalue weighted by molar-refractivity contribution is 0.102. The number of hydrogen-bond donors (Lipinski definition) is 1. The SMILES string of the molecule is COc1cc(NC(=O)c2ccc(Cc3ccc4c(c3)c(C)c(C)n4CCCCN3CCN(C)CC3)cc2)cc(OC)c1-c1ccccc1. The first-order chi connectivity index (χ1) is 23.3. The van der Waals surface area contributed by atoms with Crippen LogP contribution in [0.25, 0.3) is 22.0 Å². The molecule has 0 saturated carbocycles. The maximum absolute atomic E-state index is 13.2. The van der Waals surface area contributed by atoms with Crippen molar-refractivity contribution in [1.82, 2.24) is 14.4 Å². The minimum atomic E-state index is -0.185. The summed E-state index contributed by atoms with van der Waals surface area (Å²) in [4.78, 5) is 18.3. The van der Waals surface area contributed by atoms with Crippen LogP contribution in [0.4, 0.5) is 5.69 Å². The van der Waals surface area contributed by atoms with Crippen LogP contribution < -0.4 is 14.8 Å². The number of ether oxygens (including phenoxy) is 2. The number of amides is 1. The molecule has 1 saturated heterocycles. The number of unbranched alkanes of at least 4 members (excludes halogenated alkanes) is 1. The van der Waals surface area contributed by atoms with E-state index in [0.29, 0.717) is 22.7 Å². The molecular formula is C41H48N4O3. The van der Waals surface area contributed by atoms with Gasteiger partial charge in [0.05, 0.1) is 19.8 Å². The topological polar surface area (TPSA) is 59.0 Å². The number of nitrogens with one attached hydrogen (secondary N) is 1. The molecule has 1 aromatic heterocycles. The van der Waals surface area contributed by atoms with Gasteiger partial charge in [0.15, 0.2) is 0 Å². The van der Waals surface area contributed by atoms with Crippen LogP contribution in [0.5, 0.6) is 11.5 Å². The van der Waals surface area contributed by atoms with Gasteiger partial charge in [-0.3, -0.25) is 4.79 Å². The van der Waals surface area contributed by atoms with Crippen LogP contribution in [0.2, 0.25) is 0 Å². The molecule has 7 nitrogen and oxygen atoms in total. The summed E-state index contributed by atoms with van der Waals surface area (Å²) in [6.07, 6.45) is 3.23. The van der Waals surface area contributed by atoms with Gasteiger partial charge in [-0.1, -0.05) is 48.5 Å². The molecule has 1 fully saturated rings. The van der Waals surface area contributed by atoms with Crippen molar-refractivity contribution in [3.8, 4) is 22.6 Å². The number of likely N-dealkylation sites (N-methyl/N-ethyl adjacent to an activating group) is 1. The Morgan fingerprint density at radius 2 is 1.42 bits per heavy atom. The number of rotatable bonds is 12. The van der Waals surface area contributed by atoms with E-state index >= 15 is 0 Å². The number of hydrogen-bond acceptors (Lipinski definition) is 5. The highest BCUT2D eigenvalue weighted by atomic mass is 16.5. The molecule has 1 aliphatic heterocycles. The average Bonchev–Trinajstić information content (AvgIpc) is 3.35. The molecule has 0 radical (unpaired) electrons. The molecule has 1 N–H and O–H groups in total. The van der Waals surface area contributed by atoms with Gasteiger partial charge in [-0.05, 0) is 93.2 Å². The highest BCUT2D eigenvalue weighted by Crippen LogP contribution is 2.41. The van der Waals surface area contributed by atoms with Crippen molar-refractivity contribution in [3.05, 3.63) is 113 Å². The van der Waals surface area contributed by atoms with E-state index in [1.165, 1.54) is 78.9 Å². The van der Waals surface area contributed by atoms with Gasteiger partial charge >= 0.3 is 0 Å². The number of methoxy groups -OCH3 is 2. The third kappa shape index (κ3) is 7.43. The normalized spacial score (nSPS) is 13.9. The zero-order chi connectivity index (χ0) is 33.6. The van der Waals surface area contributed by atoms with Crippen LogP contribution in [-0.2, 0) is 13.0 Å². The lowest BCUT2D eigenvalue weighted by Gasteiger charge is -2.32. The summed E-state index contributed by atoms with van der Waals surface area (Å²) >= 11 is 0. The van der Waals surface area contributed by atoms with Crippen LogP contribution in [0.3, 0.4) is 0 Å². The van der Waals surface area contributed by atoms with E-state index in [-0.39, 0.29) is 5.91 Å². The fourth-order valence-corrected chi connectivity index (χ4v) is 6.86. The second-order valence-corrected chi connectivity index (χ2v) is 13.0. The summed E-state index contributed by atoms with van der Waals surface area (Å²) in [6.45, 7) is 11.5. The second-order valence-electron chi connectivity index (χ2n) is 13.0. The Kier molecular flexibility index (Phi) is 10.5. The third-order valence-corrected chi connectivity index (χ3v) is 9.86. The fraction of sp³-hybridized carbons (Fsp3) is 0.341. The van der Waals surface area contributed by atoms with Crippen molar-refractivity contribution >= 4 is 22.5 Å². The molecule has 6 rings (SSSR count). The lowest BCUT2D eigenvalue weighted by Crippen LogP contribution is -2.44. The molecule has 2 heterocycles.